The first kappa shape index (κ1) is 27.1. The van der Waals surface area contributed by atoms with Crippen molar-refractivity contribution in [1.82, 2.24) is 14.8 Å². The van der Waals surface area contributed by atoms with Gasteiger partial charge in [-0.1, -0.05) is 43.8 Å². The van der Waals surface area contributed by atoms with Crippen LogP contribution >= 0.6 is 11.8 Å². The number of aryl methyl sites for hydroxylation is 1. The molecule has 0 radical (unpaired) electrons. The highest BCUT2D eigenvalue weighted by Crippen LogP contribution is 2.31. The second kappa shape index (κ2) is 12.4. The Morgan fingerprint density at radius 1 is 1.06 bits per heavy atom. The molecule has 1 atom stereocenters. The number of rotatable bonds is 11. The maximum absolute atomic E-state index is 12.7. The first-order valence-electron chi connectivity index (χ1n) is 11.7. The average Bonchev–Trinajstić information content (AvgIpc) is 3.21. The summed E-state index contributed by atoms with van der Waals surface area (Å²) in [5, 5.41) is 15.0. The highest BCUT2D eigenvalue weighted by Gasteiger charge is 2.22. The second-order valence-corrected chi connectivity index (χ2v) is 9.75. The van der Waals surface area contributed by atoms with Crippen molar-refractivity contribution in [3.63, 3.8) is 0 Å². The number of hydrogen-bond acceptors (Lipinski definition) is 7. The Morgan fingerprint density at radius 3 is 2.44 bits per heavy atom. The molecule has 2 aromatic carbocycles. The zero-order chi connectivity index (χ0) is 26.2. The van der Waals surface area contributed by atoms with Crippen LogP contribution in [0.3, 0.4) is 0 Å². The van der Waals surface area contributed by atoms with Gasteiger partial charge < -0.3 is 24.7 Å². The minimum absolute atomic E-state index is 0.154. The number of carbonyl (C=O) groups is 2. The molecule has 0 fully saturated rings. The SMILES string of the molecule is COc1ccccc1OC(C)c1nnc(SCC(=O)Nc2ccc(C)c(NC(C)=O)c2)n1CC(C)C. The number of thioether (sulfide) groups is 1. The summed E-state index contributed by atoms with van der Waals surface area (Å²) in [6, 6.07) is 12.9. The third kappa shape index (κ3) is 7.24. The van der Waals surface area contributed by atoms with Crippen molar-refractivity contribution in [3.05, 3.63) is 53.9 Å². The molecule has 0 aliphatic heterocycles. The highest BCUT2D eigenvalue weighted by molar-refractivity contribution is 7.99. The second-order valence-electron chi connectivity index (χ2n) is 8.80. The van der Waals surface area contributed by atoms with Crippen LogP contribution in [0.25, 0.3) is 0 Å². The lowest BCUT2D eigenvalue weighted by Crippen LogP contribution is -2.17. The summed E-state index contributed by atoms with van der Waals surface area (Å²) >= 11 is 1.31. The summed E-state index contributed by atoms with van der Waals surface area (Å²) in [6.45, 7) is 10.2. The number of methoxy groups -OCH3 is 1. The first-order chi connectivity index (χ1) is 17.2. The predicted octanol–water partition coefficient (Wildman–Crippen LogP) is 5.08. The van der Waals surface area contributed by atoms with Crippen LogP contribution in [0.2, 0.25) is 0 Å². The molecule has 0 aliphatic carbocycles. The lowest BCUT2D eigenvalue weighted by atomic mass is 10.2. The Bertz CT molecular complexity index is 1210. The van der Waals surface area contributed by atoms with Gasteiger partial charge in [-0.3, -0.25) is 9.59 Å². The Labute approximate surface area is 216 Å². The number of anilines is 2. The Hall–Kier alpha value is -3.53. The maximum atomic E-state index is 12.7. The van der Waals surface area contributed by atoms with Gasteiger partial charge in [0.2, 0.25) is 11.8 Å². The molecular formula is C26H33N5O4S. The highest BCUT2D eigenvalue weighted by atomic mass is 32.2. The van der Waals surface area contributed by atoms with Crippen molar-refractivity contribution < 1.29 is 19.1 Å². The molecule has 3 aromatic rings. The smallest absolute Gasteiger partial charge is 0.234 e. The third-order valence-electron chi connectivity index (χ3n) is 5.19. The van der Waals surface area contributed by atoms with Crippen LogP contribution in [0.4, 0.5) is 11.4 Å². The minimum Gasteiger partial charge on any atom is -0.493 e. The molecule has 36 heavy (non-hydrogen) atoms. The Kier molecular flexibility index (Phi) is 9.35. The molecule has 3 rings (SSSR count). The van der Waals surface area contributed by atoms with Crippen LogP contribution in [0.15, 0.2) is 47.6 Å². The largest absolute Gasteiger partial charge is 0.493 e. The van der Waals surface area contributed by atoms with E-state index in [0.29, 0.717) is 46.3 Å². The van der Waals surface area contributed by atoms with Gasteiger partial charge in [-0.2, -0.15) is 0 Å². The summed E-state index contributed by atoms with van der Waals surface area (Å²) in [7, 11) is 1.60. The van der Waals surface area contributed by atoms with Crippen LogP contribution in [-0.4, -0.2) is 39.4 Å². The van der Waals surface area contributed by atoms with Crippen LogP contribution in [-0.2, 0) is 16.1 Å². The van der Waals surface area contributed by atoms with E-state index in [9.17, 15) is 9.59 Å². The minimum atomic E-state index is -0.379. The quantitative estimate of drug-likeness (QED) is 0.346. The van der Waals surface area contributed by atoms with Crippen molar-refractivity contribution in [3.8, 4) is 11.5 Å². The number of benzene rings is 2. The van der Waals surface area contributed by atoms with E-state index >= 15 is 0 Å². The van der Waals surface area contributed by atoms with E-state index in [1.165, 1.54) is 18.7 Å². The molecule has 2 amide bonds. The zero-order valence-electron chi connectivity index (χ0n) is 21.5. The molecule has 1 unspecified atom stereocenters. The molecule has 0 aliphatic rings. The van der Waals surface area contributed by atoms with Gasteiger partial charge in [0.25, 0.3) is 0 Å². The number of aromatic nitrogens is 3. The van der Waals surface area contributed by atoms with Gasteiger partial charge in [-0.25, -0.2) is 0 Å². The molecule has 192 valence electrons. The molecule has 0 saturated heterocycles. The molecule has 0 saturated carbocycles. The molecule has 1 aromatic heterocycles. The van der Waals surface area contributed by atoms with E-state index < -0.39 is 0 Å². The standard InChI is InChI=1S/C26H33N5O4S/c1-16(2)14-31-25(18(4)35-23-10-8-7-9-22(23)34-6)29-30-26(31)36-15-24(33)28-20-12-11-17(3)21(13-20)27-19(5)32/h7-13,16,18H,14-15H2,1-6H3,(H,27,32)(H,28,33). The average molecular weight is 512 g/mol. The summed E-state index contributed by atoms with van der Waals surface area (Å²) in [4.78, 5) is 24.1. The molecule has 0 bridgehead atoms. The fourth-order valence-corrected chi connectivity index (χ4v) is 4.31. The lowest BCUT2D eigenvalue weighted by Gasteiger charge is -2.19. The number of carbonyl (C=O) groups excluding carboxylic acids is 2. The van der Waals surface area contributed by atoms with E-state index in [4.69, 9.17) is 9.47 Å². The van der Waals surface area contributed by atoms with Crippen molar-refractivity contribution in [2.24, 2.45) is 5.92 Å². The van der Waals surface area contributed by atoms with Gasteiger partial charge in [0.1, 0.15) is 0 Å². The third-order valence-corrected chi connectivity index (χ3v) is 6.16. The molecular weight excluding hydrogens is 478 g/mol. The predicted molar refractivity (Wildman–Crippen MR) is 142 cm³/mol. The Balaban J connectivity index is 1.71. The fraction of sp³-hybridized carbons (Fsp3) is 0.385. The first-order valence-corrected chi connectivity index (χ1v) is 12.7. The molecule has 2 N–H and O–H groups in total. The van der Waals surface area contributed by atoms with Gasteiger partial charge in [-0.05, 0) is 49.6 Å². The van der Waals surface area contributed by atoms with Crippen LogP contribution in [0, 0.1) is 12.8 Å². The maximum Gasteiger partial charge on any atom is 0.234 e. The number of hydrogen-bond donors (Lipinski definition) is 2. The van der Waals surface area contributed by atoms with E-state index in [2.05, 4.69) is 34.7 Å². The van der Waals surface area contributed by atoms with Gasteiger partial charge in [0.05, 0.1) is 12.9 Å². The molecule has 0 spiro atoms. The number of para-hydroxylation sites is 2. The lowest BCUT2D eigenvalue weighted by molar-refractivity contribution is -0.114. The number of ether oxygens (including phenoxy) is 2. The monoisotopic (exact) mass is 511 g/mol. The normalized spacial score (nSPS) is 11.8. The number of nitrogens with one attached hydrogen (secondary N) is 2. The summed E-state index contributed by atoms with van der Waals surface area (Å²) < 4.78 is 13.5. The van der Waals surface area contributed by atoms with E-state index in [1.54, 1.807) is 19.2 Å². The molecule has 10 heteroatoms. The number of nitrogens with zero attached hydrogens (tertiary/aromatic N) is 3. The summed E-state index contributed by atoms with van der Waals surface area (Å²) in [5.74, 6) is 2.08. The van der Waals surface area contributed by atoms with E-state index in [-0.39, 0.29) is 23.7 Å². The zero-order valence-corrected chi connectivity index (χ0v) is 22.3. The van der Waals surface area contributed by atoms with Crippen molar-refractivity contribution in [2.75, 3.05) is 23.5 Å². The van der Waals surface area contributed by atoms with Crippen LogP contribution in [0.1, 0.15) is 45.2 Å². The van der Waals surface area contributed by atoms with Crippen LogP contribution in [0.5, 0.6) is 11.5 Å². The fourth-order valence-electron chi connectivity index (χ4n) is 3.55. The summed E-state index contributed by atoms with van der Waals surface area (Å²) in [5.41, 5.74) is 2.19. The van der Waals surface area contributed by atoms with Gasteiger partial charge in [0.15, 0.2) is 28.6 Å². The topological polar surface area (TPSA) is 107 Å². The molecule has 1 heterocycles. The van der Waals surface area contributed by atoms with Crippen molar-refractivity contribution in [2.45, 2.75) is 52.4 Å². The van der Waals surface area contributed by atoms with E-state index in [1.807, 2.05) is 48.7 Å². The number of amides is 2. The van der Waals surface area contributed by atoms with Crippen molar-refractivity contribution in [1.29, 1.82) is 0 Å². The van der Waals surface area contributed by atoms with Crippen molar-refractivity contribution >= 4 is 35.0 Å². The van der Waals surface area contributed by atoms with Gasteiger partial charge in [0, 0.05) is 24.8 Å². The van der Waals surface area contributed by atoms with Gasteiger partial charge >= 0.3 is 0 Å². The van der Waals surface area contributed by atoms with E-state index in [0.717, 1.165) is 5.56 Å². The Morgan fingerprint density at radius 2 is 1.78 bits per heavy atom. The van der Waals surface area contributed by atoms with Gasteiger partial charge in [-0.15, -0.1) is 10.2 Å². The molecule has 9 nitrogen and oxygen atoms in total. The van der Waals surface area contributed by atoms with Crippen LogP contribution < -0.4 is 20.1 Å². The summed E-state index contributed by atoms with van der Waals surface area (Å²) in [6.07, 6.45) is -0.379.